The molecule has 0 atom stereocenters. The van der Waals surface area contributed by atoms with E-state index >= 15 is 0 Å². The van der Waals surface area contributed by atoms with Gasteiger partial charge in [0, 0.05) is 18.8 Å². The highest BCUT2D eigenvalue weighted by Gasteiger charge is 2.06. The van der Waals surface area contributed by atoms with Crippen LogP contribution in [0.4, 0.5) is 5.69 Å². The summed E-state index contributed by atoms with van der Waals surface area (Å²) in [7, 11) is 0. The molecule has 6 nitrogen and oxygen atoms in total. The Bertz CT molecular complexity index is 450. The van der Waals surface area contributed by atoms with Gasteiger partial charge >= 0.3 is 5.97 Å². The number of unbranched alkanes of at least 4 members (excludes halogenated alkanes) is 1. The fourth-order valence-electron chi connectivity index (χ4n) is 1.99. The summed E-state index contributed by atoms with van der Waals surface area (Å²) in [5, 5.41) is 3.31. The molecule has 1 aromatic rings. The Labute approximate surface area is 150 Å². The Balaban J connectivity index is 2.06. The van der Waals surface area contributed by atoms with Crippen molar-refractivity contribution in [1.82, 2.24) is 0 Å². The fraction of sp³-hybridized carbons (Fsp3) is 0.632. The van der Waals surface area contributed by atoms with Crippen molar-refractivity contribution in [2.75, 3.05) is 58.1 Å². The van der Waals surface area contributed by atoms with Crippen LogP contribution in [0.5, 0.6) is 0 Å². The summed E-state index contributed by atoms with van der Waals surface area (Å²) >= 11 is 0. The van der Waals surface area contributed by atoms with Gasteiger partial charge in [0.05, 0.1) is 38.6 Å². The number of rotatable bonds is 15. The van der Waals surface area contributed by atoms with E-state index in [1.807, 2.05) is 19.1 Å². The summed E-state index contributed by atoms with van der Waals surface area (Å²) in [6.07, 6.45) is 2.28. The summed E-state index contributed by atoms with van der Waals surface area (Å²) in [5.41, 5.74) is 1.55. The molecular weight excluding hydrogens is 322 g/mol. The van der Waals surface area contributed by atoms with Crippen molar-refractivity contribution in [1.29, 1.82) is 0 Å². The zero-order valence-electron chi connectivity index (χ0n) is 15.4. The first kappa shape index (κ1) is 21.4. The molecule has 0 aromatic heterocycles. The van der Waals surface area contributed by atoms with E-state index in [-0.39, 0.29) is 12.6 Å². The third-order valence-corrected chi connectivity index (χ3v) is 3.39. The Morgan fingerprint density at radius 1 is 0.880 bits per heavy atom. The number of hydrogen-bond acceptors (Lipinski definition) is 6. The minimum Gasteiger partial charge on any atom is -0.460 e. The smallest absolute Gasteiger partial charge is 0.338 e. The standard InChI is InChI=1S/C19H31NO5/c1-3-5-10-20-18-8-6-17(7-9-18)19(21)25-16-15-24-14-13-23-12-11-22-4-2/h6-9,20H,3-5,10-16H2,1-2H3. The lowest BCUT2D eigenvalue weighted by Gasteiger charge is -2.08. The zero-order chi connectivity index (χ0) is 18.2. The SMILES string of the molecule is CCCCNc1ccc(C(=O)OCCOCCOCCOCC)cc1. The molecule has 1 aromatic carbocycles. The van der Waals surface area contributed by atoms with Crippen LogP contribution in [0, 0.1) is 0 Å². The number of hydrogen-bond donors (Lipinski definition) is 1. The van der Waals surface area contributed by atoms with Gasteiger partial charge in [-0.3, -0.25) is 0 Å². The molecule has 0 aliphatic heterocycles. The maximum Gasteiger partial charge on any atom is 0.338 e. The second-order valence-electron chi connectivity index (χ2n) is 5.42. The van der Waals surface area contributed by atoms with Crippen molar-refractivity contribution in [3.63, 3.8) is 0 Å². The van der Waals surface area contributed by atoms with Gasteiger partial charge in [-0.15, -0.1) is 0 Å². The normalized spacial score (nSPS) is 10.6. The molecule has 0 spiro atoms. The summed E-state index contributed by atoms with van der Waals surface area (Å²) in [4.78, 5) is 11.9. The number of nitrogens with one attached hydrogen (secondary N) is 1. The first-order chi connectivity index (χ1) is 12.3. The average molecular weight is 353 g/mol. The van der Waals surface area contributed by atoms with E-state index in [1.54, 1.807) is 12.1 Å². The predicted octanol–water partition coefficient (Wildman–Crippen LogP) is 3.13. The van der Waals surface area contributed by atoms with Crippen molar-refractivity contribution in [3.05, 3.63) is 29.8 Å². The van der Waals surface area contributed by atoms with Crippen LogP contribution in [0.25, 0.3) is 0 Å². The van der Waals surface area contributed by atoms with Crippen LogP contribution in [-0.4, -0.2) is 58.8 Å². The van der Waals surface area contributed by atoms with Crippen LogP contribution in [0.1, 0.15) is 37.0 Å². The van der Waals surface area contributed by atoms with Gasteiger partial charge in [-0.25, -0.2) is 4.79 Å². The predicted molar refractivity (Wildman–Crippen MR) is 98.3 cm³/mol. The van der Waals surface area contributed by atoms with Crippen LogP contribution in [0.15, 0.2) is 24.3 Å². The highest BCUT2D eigenvalue weighted by atomic mass is 16.6. The largest absolute Gasteiger partial charge is 0.460 e. The zero-order valence-corrected chi connectivity index (χ0v) is 15.4. The molecule has 0 bridgehead atoms. The summed E-state index contributed by atoms with van der Waals surface area (Å²) in [6, 6.07) is 7.32. The molecule has 0 aliphatic carbocycles. The Kier molecular flexibility index (Phi) is 12.6. The lowest BCUT2D eigenvalue weighted by atomic mass is 10.2. The molecule has 0 fully saturated rings. The molecule has 1 rings (SSSR count). The molecule has 0 unspecified atom stereocenters. The maximum absolute atomic E-state index is 11.9. The number of esters is 1. The topological polar surface area (TPSA) is 66.0 Å². The third-order valence-electron chi connectivity index (χ3n) is 3.39. The van der Waals surface area contributed by atoms with Crippen molar-refractivity contribution >= 4 is 11.7 Å². The van der Waals surface area contributed by atoms with Crippen LogP contribution >= 0.6 is 0 Å². The van der Waals surface area contributed by atoms with Gasteiger partial charge in [0.1, 0.15) is 6.61 Å². The molecular formula is C19H31NO5. The molecule has 142 valence electrons. The summed E-state index contributed by atoms with van der Waals surface area (Å²) in [5.74, 6) is -0.336. The molecule has 25 heavy (non-hydrogen) atoms. The fourth-order valence-corrected chi connectivity index (χ4v) is 1.99. The van der Waals surface area contributed by atoms with E-state index < -0.39 is 0 Å². The second kappa shape index (κ2) is 14.7. The number of carbonyl (C=O) groups is 1. The van der Waals surface area contributed by atoms with E-state index in [1.165, 1.54) is 0 Å². The lowest BCUT2D eigenvalue weighted by molar-refractivity contribution is 0.00180. The van der Waals surface area contributed by atoms with Crippen LogP contribution in [0.3, 0.4) is 0 Å². The molecule has 0 aliphatic rings. The van der Waals surface area contributed by atoms with Crippen molar-refractivity contribution in [2.24, 2.45) is 0 Å². The van der Waals surface area contributed by atoms with E-state index in [2.05, 4.69) is 12.2 Å². The van der Waals surface area contributed by atoms with Crippen molar-refractivity contribution in [3.8, 4) is 0 Å². The molecule has 0 radical (unpaired) electrons. The van der Waals surface area contributed by atoms with Crippen molar-refractivity contribution < 1.29 is 23.7 Å². The monoisotopic (exact) mass is 353 g/mol. The molecule has 0 saturated carbocycles. The van der Waals surface area contributed by atoms with Crippen LogP contribution in [0.2, 0.25) is 0 Å². The van der Waals surface area contributed by atoms with E-state index in [0.29, 0.717) is 45.2 Å². The molecule has 6 heteroatoms. The Morgan fingerprint density at radius 3 is 2.08 bits per heavy atom. The number of benzene rings is 1. The maximum atomic E-state index is 11.9. The number of anilines is 1. The molecule has 0 saturated heterocycles. The van der Waals surface area contributed by atoms with Gasteiger partial charge in [0.2, 0.25) is 0 Å². The lowest BCUT2D eigenvalue weighted by Crippen LogP contribution is -2.14. The summed E-state index contributed by atoms with van der Waals surface area (Å²) < 4.78 is 21.0. The van der Waals surface area contributed by atoms with Gasteiger partial charge in [-0.2, -0.15) is 0 Å². The van der Waals surface area contributed by atoms with Gasteiger partial charge in [0.15, 0.2) is 0 Å². The number of ether oxygens (including phenoxy) is 4. The van der Waals surface area contributed by atoms with Crippen LogP contribution in [-0.2, 0) is 18.9 Å². The first-order valence-electron chi connectivity index (χ1n) is 9.02. The van der Waals surface area contributed by atoms with Gasteiger partial charge in [-0.1, -0.05) is 13.3 Å². The van der Waals surface area contributed by atoms with E-state index in [9.17, 15) is 4.79 Å². The highest BCUT2D eigenvalue weighted by molar-refractivity contribution is 5.89. The van der Waals surface area contributed by atoms with Gasteiger partial charge < -0.3 is 24.3 Å². The Morgan fingerprint density at radius 2 is 1.48 bits per heavy atom. The molecule has 0 heterocycles. The molecule has 1 N–H and O–H groups in total. The third kappa shape index (κ3) is 10.8. The van der Waals surface area contributed by atoms with Gasteiger partial charge in [-0.05, 0) is 37.6 Å². The molecule has 0 amide bonds. The average Bonchev–Trinajstić information content (AvgIpc) is 2.64. The first-order valence-corrected chi connectivity index (χ1v) is 9.02. The minimum atomic E-state index is -0.336. The van der Waals surface area contributed by atoms with Gasteiger partial charge in [0.25, 0.3) is 0 Å². The van der Waals surface area contributed by atoms with E-state index in [4.69, 9.17) is 18.9 Å². The van der Waals surface area contributed by atoms with Crippen molar-refractivity contribution in [2.45, 2.75) is 26.7 Å². The summed E-state index contributed by atoms with van der Waals surface area (Å²) in [6.45, 7) is 8.47. The van der Waals surface area contributed by atoms with Crippen LogP contribution < -0.4 is 5.32 Å². The second-order valence-corrected chi connectivity index (χ2v) is 5.42. The highest BCUT2D eigenvalue weighted by Crippen LogP contribution is 2.10. The number of carbonyl (C=O) groups excluding carboxylic acids is 1. The quantitative estimate of drug-likeness (QED) is 0.386. The Hall–Kier alpha value is -1.63. The minimum absolute atomic E-state index is 0.230. The van der Waals surface area contributed by atoms with E-state index in [0.717, 1.165) is 25.1 Å².